The van der Waals surface area contributed by atoms with Crippen molar-refractivity contribution in [3.8, 4) is 11.1 Å². The Bertz CT molecular complexity index is 1360. The first-order chi connectivity index (χ1) is 15.4. The van der Waals surface area contributed by atoms with Crippen molar-refractivity contribution in [2.75, 3.05) is 5.73 Å². The van der Waals surface area contributed by atoms with Crippen molar-refractivity contribution in [1.29, 1.82) is 0 Å². The van der Waals surface area contributed by atoms with Crippen LogP contribution in [0.4, 0.5) is 23.5 Å². The fourth-order valence-electron chi connectivity index (χ4n) is 4.35. The molecule has 0 aliphatic carbocycles. The molecule has 1 aromatic carbocycles. The van der Waals surface area contributed by atoms with Gasteiger partial charge >= 0.3 is 0 Å². The van der Waals surface area contributed by atoms with E-state index in [1.165, 1.54) is 22.1 Å². The molecule has 168 valence electrons. The van der Waals surface area contributed by atoms with Crippen molar-refractivity contribution in [1.82, 2.24) is 24.1 Å². The molecule has 2 N–H and O–H groups in total. The van der Waals surface area contributed by atoms with E-state index in [1.54, 1.807) is 6.92 Å². The lowest BCUT2D eigenvalue weighted by molar-refractivity contribution is 0.127. The van der Waals surface area contributed by atoms with Crippen molar-refractivity contribution in [3.05, 3.63) is 41.5 Å². The lowest BCUT2D eigenvalue weighted by atomic mass is 9.48. The predicted octanol–water partition coefficient (Wildman–Crippen LogP) is 4.15. The first kappa shape index (κ1) is 23.1. The quantitative estimate of drug-likeness (QED) is 0.351. The van der Waals surface area contributed by atoms with Gasteiger partial charge in [0.25, 0.3) is 6.43 Å². The van der Waals surface area contributed by atoms with Crippen molar-refractivity contribution < 1.29 is 17.6 Å². The molecule has 3 aromatic heterocycles. The number of fused-ring (bicyclic) bond motifs is 2. The lowest BCUT2D eigenvalue weighted by Gasteiger charge is -2.31. The zero-order valence-corrected chi connectivity index (χ0v) is 18.3. The molecule has 1 atom stereocenters. The molecule has 3 heterocycles. The minimum absolute atomic E-state index is 0.0176. The summed E-state index contributed by atoms with van der Waals surface area (Å²) in [5, 5.41) is 2.81. The van der Waals surface area contributed by atoms with Crippen LogP contribution in [-0.4, -0.2) is 46.3 Å². The van der Waals surface area contributed by atoms with Crippen LogP contribution in [-0.2, 0) is 6.54 Å². The summed E-state index contributed by atoms with van der Waals surface area (Å²) < 4.78 is 58.9. The van der Waals surface area contributed by atoms with Gasteiger partial charge in [-0.2, -0.15) is 0 Å². The number of benzene rings is 1. The second-order valence-corrected chi connectivity index (χ2v) is 8.31. The fraction of sp³-hybridized carbons (Fsp3) is 0.381. The van der Waals surface area contributed by atoms with E-state index in [-0.39, 0.29) is 39.4 Å². The minimum Gasteiger partial charge on any atom is -0.367 e. The summed E-state index contributed by atoms with van der Waals surface area (Å²) in [6.07, 6.45) is -1.14. The van der Waals surface area contributed by atoms with E-state index < -0.39 is 35.7 Å². The summed E-state index contributed by atoms with van der Waals surface area (Å²) in [5.41, 5.74) is 6.48. The number of aryl methyl sites for hydroxylation is 1. The van der Waals surface area contributed by atoms with Crippen molar-refractivity contribution in [2.45, 2.75) is 51.3 Å². The molecule has 0 fully saturated rings. The maximum absolute atomic E-state index is 15.3. The molecule has 6 nitrogen and oxygen atoms in total. The minimum atomic E-state index is -2.68. The highest BCUT2D eigenvalue weighted by Gasteiger charge is 2.30. The highest BCUT2D eigenvalue weighted by Crippen LogP contribution is 2.43. The number of nitrogens with zero attached hydrogens (tertiary/aromatic N) is 5. The maximum atomic E-state index is 15.3. The third-order valence-corrected chi connectivity index (χ3v) is 5.72. The zero-order chi connectivity index (χ0) is 24.2. The number of aromatic nitrogens is 5. The topological polar surface area (TPSA) is 74.0 Å². The van der Waals surface area contributed by atoms with E-state index in [9.17, 15) is 13.2 Å². The standard InChI is InChI=1S/C21H20B2F4N6/c1-4-11(21(3,22)23)17-19-16(13(25)7-33(19)31-20(28)30-17)10-5-12(24)18-14(6-10)32(8-15(26)27)9(2)29-18/h5-7,11,15H,4,8H2,1-3H3,(H2,28,31). The van der Waals surface area contributed by atoms with Gasteiger partial charge in [0.1, 0.15) is 11.3 Å². The second-order valence-electron chi connectivity index (χ2n) is 8.31. The van der Waals surface area contributed by atoms with E-state index >= 15 is 4.39 Å². The molecular weight excluding hydrogens is 434 g/mol. The van der Waals surface area contributed by atoms with Gasteiger partial charge in [-0.1, -0.05) is 19.1 Å². The van der Waals surface area contributed by atoms with Crippen LogP contribution in [0.1, 0.15) is 37.7 Å². The smallest absolute Gasteiger partial charge is 0.256 e. The first-order valence-corrected chi connectivity index (χ1v) is 10.3. The number of anilines is 1. The maximum Gasteiger partial charge on any atom is 0.256 e. The summed E-state index contributed by atoms with van der Waals surface area (Å²) in [5.74, 6) is -1.94. The van der Waals surface area contributed by atoms with Gasteiger partial charge in [0.05, 0.1) is 45.2 Å². The number of hydrogen-bond acceptors (Lipinski definition) is 4. The molecular formula is C21H20B2F4N6. The third-order valence-electron chi connectivity index (χ3n) is 5.72. The van der Waals surface area contributed by atoms with E-state index in [1.807, 2.05) is 6.92 Å². The van der Waals surface area contributed by atoms with Gasteiger partial charge in [-0.25, -0.2) is 32.0 Å². The van der Waals surface area contributed by atoms with E-state index in [4.69, 9.17) is 21.4 Å². The number of nitrogens with two attached hydrogens (primary N) is 1. The number of nitrogen functional groups attached to an aromatic ring is 1. The molecule has 0 saturated carbocycles. The lowest BCUT2D eigenvalue weighted by Crippen LogP contribution is -2.21. The Labute approximate surface area is 190 Å². The van der Waals surface area contributed by atoms with Gasteiger partial charge < -0.3 is 10.3 Å². The van der Waals surface area contributed by atoms with Crippen LogP contribution in [0.3, 0.4) is 0 Å². The Hall–Kier alpha value is -3.04. The molecule has 0 aliphatic rings. The van der Waals surface area contributed by atoms with Crippen LogP contribution in [0, 0.1) is 18.6 Å². The van der Waals surface area contributed by atoms with Gasteiger partial charge in [-0.05, 0) is 37.0 Å². The molecule has 33 heavy (non-hydrogen) atoms. The van der Waals surface area contributed by atoms with Crippen molar-refractivity contribution >= 4 is 38.2 Å². The van der Waals surface area contributed by atoms with Crippen LogP contribution < -0.4 is 5.73 Å². The summed E-state index contributed by atoms with van der Waals surface area (Å²) in [6.45, 7) is 4.27. The molecule has 1 unspecified atom stereocenters. The summed E-state index contributed by atoms with van der Waals surface area (Å²) in [7, 11) is 12.3. The first-order valence-electron chi connectivity index (χ1n) is 10.3. The fourth-order valence-corrected chi connectivity index (χ4v) is 4.35. The number of rotatable bonds is 6. The molecule has 0 amide bonds. The van der Waals surface area contributed by atoms with Crippen molar-refractivity contribution in [3.63, 3.8) is 0 Å². The van der Waals surface area contributed by atoms with Crippen LogP contribution in [0.2, 0.25) is 5.21 Å². The SMILES string of the molecule is [B]C([B])(C)C(CC)c1nc(N)nn2cc(F)c(-c3cc(F)c4nc(C)n(CC(F)F)c4c3)c12. The number of hydrogen-bond donors (Lipinski definition) is 1. The van der Waals surface area contributed by atoms with Gasteiger partial charge in [-0.3, -0.25) is 0 Å². The largest absolute Gasteiger partial charge is 0.367 e. The summed E-state index contributed by atoms with van der Waals surface area (Å²) in [4.78, 5) is 8.35. The molecule has 0 aliphatic heterocycles. The molecule has 0 spiro atoms. The highest BCUT2D eigenvalue weighted by atomic mass is 19.3. The number of alkyl halides is 2. The average Bonchev–Trinajstić information content (AvgIpc) is 3.17. The number of imidazole rings is 1. The van der Waals surface area contributed by atoms with Crippen LogP contribution in [0.25, 0.3) is 27.7 Å². The molecule has 12 heteroatoms. The second kappa shape index (κ2) is 8.07. The normalized spacial score (nSPS) is 13.5. The molecule has 0 saturated heterocycles. The summed E-state index contributed by atoms with van der Waals surface area (Å²) in [6, 6.07) is 2.52. The molecule has 4 aromatic rings. The average molecular weight is 454 g/mol. The van der Waals surface area contributed by atoms with E-state index in [0.717, 1.165) is 12.3 Å². The zero-order valence-electron chi connectivity index (χ0n) is 18.3. The van der Waals surface area contributed by atoms with Gasteiger partial charge in [0.2, 0.25) is 5.95 Å². The number of halogens is 4. The molecule has 4 radical (unpaired) electrons. The predicted molar refractivity (Wildman–Crippen MR) is 120 cm³/mol. The Morgan fingerprint density at radius 3 is 2.45 bits per heavy atom. The Balaban J connectivity index is 2.05. The van der Waals surface area contributed by atoms with E-state index in [0.29, 0.717) is 12.1 Å². The third kappa shape index (κ3) is 3.95. The Morgan fingerprint density at radius 2 is 1.85 bits per heavy atom. The molecule has 4 rings (SSSR count). The van der Waals surface area contributed by atoms with Crippen molar-refractivity contribution in [2.24, 2.45) is 0 Å². The van der Waals surface area contributed by atoms with E-state index in [2.05, 4.69) is 15.1 Å². The van der Waals surface area contributed by atoms with Gasteiger partial charge in [0, 0.05) is 5.56 Å². The Kier molecular flexibility index (Phi) is 5.66. The van der Waals surface area contributed by atoms with Crippen LogP contribution in [0.5, 0.6) is 0 Å². The van der Waals surface area contributed by atoms with Crippen LogP contribution in [0.15, 0.2) is 18.3 Å². The summed E-state index contributed by atoms with van der Waals surface area (Å²) >= 11 is 0. The Morgan fingerprint density at radius 1 is 1.15 bits per heavy atom. The monoisotopic (exact) mass is 454 g/mol. The van der Waals surface area contributed by atoms with Gasteiger partial charge in [0.15, 0.2) is 11.6 Å². The van der Waals surface area contributed by atoms with Crippen LogP contribution >= 0.6 is 0 Å². The molecule has 0 bridgehead atoms. The van der Waals surface area contributed by atoms with Gasteiger partial charge in [-0.15, -0.1) is 5.10 Å². The highest BCUT2D eigenvalue weighted by molar-refractivity contribution is 6.40.